The molecule has 2 aromatic carbocycles. The molecule has 4 rings (SSSR count). The van der Waals surface area contributed by atoms with Crippen LogP contribution in [-0.2, 0) is 25.4 Å². The van der Waals surface area contributed by atoms with Crippen LogP contribution in [0.15, 0.2) is 59.5 Å². The van der Waals surface area contributed by atoms with Gasteiger partial charge in [-0.05, 0) is 24.2 Å². The van der Waals surface area contributed by atoms with Gasteiger partial charge in [-0.15, -0.1) is 0 Å². The third kappa shape index (κ3) is 8.49. The van der Waals surface area contributed by atoms with Crippen LogP contribution in [0.1, 0.15) is 12.0 Å². The molecule has 2 aromatic rings. The highest BCUT2D eigenvalue weighted by atomic mass is 32.1. The number of anilines is 1. The van der Waals surface area contributed by atoms with Gasteiger partial charge in [-0.2, -0.15) is 5.11 Å². The van der Waals surface area contributed by atoms with E-state index in [-0.39, 0.29) is 35.3 Å². The Morgan fingerprint density at radius 1 is 1.17 bits per heavy atom. The smallest absolute Gasteiger partial charge is 0.256 e. The molecule has 0 unspecified atom stereocenters. The van der Waals surface area contributed by atoms with Crippen molar-refractivity contribution in [1.82, 2.24) is 10.2 Å². The van der Waals surface area contributed by atoms with E-state index in [1.54, 1.807) is 9.80 Å². The molecule has 0 radical (unpaired) electrons. The minimum absolute atomic E-state index is 0.0693. The Hall–Kier alpha value is -3.52. The Bertz CT molecular complexity index is 1210. The third-order valence-electron chi connectivity index (χ3n) is 6.99. The van der Waals surface area contributed by atoms with Gasteiger partial charge >= 0.3 is 0 Å². The van der Waals surface area contributed by atoms with Gasteiger partial charge in [0.1, 0.15) is 23.3 Å². The quantitative estimate of drug-likeness (QED) is 0.222. The van der Waals surface area contributed by atoms with Crippen LogP contribution in [0.2, 0.25) is 0 Å². The van der Waals surface area contributed by atoms with E-state index in [1.165, 1.54) is 36.3 Å². The fourth-order valence-corrected chi connectivity index (χ4v) is 4.81. The fourth-order valence-electron chi connectivity index (χ4n) is 4.74. The maximum atomic E-state index is 15.0. The predicted octanol–water partition coefficient (Wildman–Crippen LogP) is 2.82. The monoisotopic (exact) mass is 589 g/mol. The number of nitrogens with two attached hydrogens (primary N) is 1. The van der Waals surface area contributed by atoms with Gasteiger partial charge < -0.3 is 29.3 Å². The number of halogens is 2. The van der Waals surface area contributed by atoms with Gasteiger partial charge in [0.2, 0.25) is 5.91 Å². The van der Waals surface area contributed by atoms with Crippen molar-refractivity contribution in [2.75, 3.05) is 57.9 Å². The summed E-state index contributed by atoms with van der Waals surface area (Å²) in [5, 5.41) is 7.75. The number of piperazine rings is 1. The fraction of sp³-hybridized carbons (Fsp3) is 0.429. The summed E-state index contributed by atoms with van der Waals surface area (Å²) in [5.41, 5.74) is 8.93. The van der Waals surface area contributed by atoms with Gasteiger partial charge in [-0.1, -0.05) is 30.3 Å². The van der Waals surface area contributed by atoms with Gasteiger partial charge in [0.15, 0.2) is 17.9 Å². The van der Waals surface area contributed by atoms with E-state index >= 15 is 8.78 Å². The van der Waals surface area contributed by atoms with Crippen molar-refractivity contribution in [3.05, 3.63) is 71.6 Å². The summed E-state index contributed by atoms with van der Waals surface area (Å²) in [5.74, 6) is -1.88. The highest BCUT2D eigenvalue weighted by molar-refractivity contribution is 7.80. The summed E-state index contributed by atoms with van der Waals surface area (Å²) >= 11 is 4.88. The number of rotatable bonds is 10. The van der Waals surface area contributed by atoms with E-state index in [2.05, 4.69) is 22.6 Å². The van der Waals surface area contributed by atoms with Crippen LogP contribution in [0.5, 0.6) is 0 Å². The zero-order valence-electron chi connectivity index (χ0n) is 22.9. The highest BCUT2D eigenvalue weighted by Gasteiger charge is 2.33. The Morgan fingerprint density at radius 3 is 2.44 bits per heavy atom. The van der Waals surface area contributed by atoms with Crippen LogP contribution in [0.25, 0.3) is 0 Å². The number of nitrogens with one attached hydrogen (secondary N) is 2. The lowest BCUT2D eigenvalue weighted by Gasteiger charge is -2.38. The zero-order valence-corrected chi connectivity index (χ0v) is 23.7. The molecule has 13 heteroatoms. The molecule has 2 aliphatic heterocycles. The standard InChI is InChI=1S/C28H34F2N6O4S/c1-38-28(41)33-16-22(34-31)15-32-21-13-23(29)26(24(30)14-21)35-9-11-36(12-10-35)27(37)20-17-39-25(40-18-20)8-7-19-5-3-2-4-6-19/h2-6,13-15,20,25,31-32H,7-12,16-18H2,1H3,(H,33,41)/p+1/b22-15-,34-31?. The zero-order chi connectivity index (χ0) is 29.2. The first-order valence-corrected chi connectivity index (χ1v) is 13.8. The van der Waals surface area contributed by atoms with E-state index in [4.69, 9.17) is 32.0 Å². The number of carbonyl (C=O) groups excluding carboxylic acids is 1. The van der Waals surface area contributed by atoms with Crippen LogP contribution >= 0.6 is 12.2 Å². The molecule has 41 heavy (non-hydrogen) atoms. The number of ether oxygens (including phenoxy) is 3. The Balaban J connectivity index is 1.25. The molecular formula is C28H35F2N6O4S+. The van der Waals surface area contributed by atoms with Gasteiger partial charge in [-0.25, -0.2) is 14.3 Å². The molecule has 0 saturated carbocycles. The number of methoxy groups -OCH3 is 1. The minimum atomic E-state index is -0.705. The number of aryl methyl sites for hydroxylation is 1. The lowest BCUT2D eigenvalue weighted by Crippen LogP contribution is -2.71. The lowest BCUT2D eigenvalue weighted by molar-refractivity contribution is -0.497. The number of hydrogen-bond donors (Lipinski definition) is 3. The van der Waals surface area contributed by atoms with Crippen molar-refractivity contribution in [1.29, 1.82) is 5.53 Å². The topological polar surface area (TPSA) is 116 Å². The van der Waals surface area contributed by atoms with Gasteiger partial charge in [0.05, 0.1) is 32.8 Å². The van der Waals surface area contributed by atoms with Crippen molar-refractivity contribution >= 4 is 34.7 Å². The van der Waals surface area contributed by atoms with Crippen LogP contribution < -0.4 is 15.5 Å². The van der Waals surface area contributed by atoms with Gasteiger partial charge in [0.25, 0.3) is 5.17 Å². The van der Waals surface area contributed by atoms with E-state index in [1.807, 2.05) is 18.2 Å². The van der Waals surface area contributed by atoms with E-state index < -0.39 is 17.6 Å². The van der Waals surface area contributed by atoms with E-state index in [0.717, 1.165) is 6.42 Å². The third-order valence-corrected chi connectivity index (χ3v) is 7.30. The summed E-state index contributed by atoms with van der Waals surface area (Å²) < 4.78 is 46.5. The second kappa shape index (κ2) is 14.9. The molecule has 2 saturated heterocycles. The molecular weight excluding hydrogens is 554 g/mol. The summed E-state index contributed by atoms with van der Waals surface area (Å²) in [6, 6.07) is 12.5. The van der Waals surface area contributed by atoms with Crippen molar-refractivity contribution in [3.8, 4) is 0 Å². The molecule has 220 valence electrons. The van der Waals surface area contributed by atoms with Crippen LogP contribution in [0.4, 0.5) is 20.2 Å². The molecule has 0 spiro atoms. The first-order valence-electron chi connectivity index (χ1n) is 13.4. The van der Waals surface area contributed by atoms with Crippen LogP contribution in [0, 0.1) is 23.1 Å². The van der Waals surface area contributed by atoms with E-state index in [9.17, 15) is 4.79 Å². The van der Waals surface area contributed by atoms with Crippen molar-refractivity contribution in [3.63, 3.8) is 0 Å². The molecule has 1 amide bonds. The summed E-state index contributed by atoms with van der Waals surface area (Å²) in [6.45, 7) is 1.98. The largest absolute Gasteiger partial charge is 0.474 e. The molecule has 0 bridgehead atoms. The second-order valence-corrected chi connectivity index (χ2v) is 10.1. The van der Waals surface area contributed by atoms with Crippen molar-refractivity contribution in [2.24, 2.45) is 11.0 Å². The first-order chi connectivity index (χ1) is 19.9. The maximum absolute atomic E-state index is 15.0. The van der Waals surface area contributed by atoms with Crippen LogP contribution in [-0.4, -0.2) is 75.3 Å². The maximum Gasteiger partial charge on any atom is 0.256 e. The number of hydrogen-bond acceptors (Lipinski definition) is 8. The van der Waals surface area contributed by atoms with Crippen LogP contribution in [0.3, 0.4) is 0 Å². The number of amides is 1. The number of benzene rings is 2. The Kier molecular flexibility index (Phi) is 11.1. The Labute approximate surface area is 243 Å². The van der Waals surface area contributed by atoms with Crippen molar-refractivity contribution in [2.45, 2.75) is 19.1 Å². The summed E-state index contributed by atoms with van der Waals surface area (Å²) in [4.78, 5) is 16.4. The van der Waals surface area contributed by atoms with Gasteiger partial charge in [0, 0.05) is 44.7 Å². The highest BCUT2D eigenvalue weighted by Crippen LogP contribution is 2.27. The average Bonchev–Trinajstić information content (AvgIpc) is 3.00. The molecule has 0 aliphatic carbocycles. The molecule has 10 nitrogen and oxygen atoms in total. The normalized spacial score (nSPS) is 19.5. The molecule has 4 N–H and O–H groups in total. The SMILES string of the molecule is COC(=S)NC/C(=C/[NH2+]c1cc(F)c(N2CCN(C(=O)C3COC(CCc4ccccc4)OC3)CC2)c(F)c1)N=N. The molecule has 2 fully saturated rings. The molecule has 0 atom stereocenters. The number of carbonyl (C=O) groups is 1. The minimum Gasteiger partial charge on any atom is -0.474 e. The first kappa shape index (κ1) is 30.4. The molecule has 2 heterocycles. The van der Waals surface area contributed by atoms with Gasteiger partial charge in [-0.3, -0.25) is 10.1 Å². The second-order valence-electron chi connectivity index (χ2n) is 9.74. The average molecular weight is 590 g/mol. The predicted molar refractivity (Wildman–Crippen MR) is 152 cm³/mol. The number of thiocarbonyl (C=S) groups is 1. The summed E-state index contributed by atoms with van der Waals surface area (Å²) in [6.07, 6.45) is 2.68. The Morgan fingerprint density at radius 2 is 1.83 bits per heavy atom. The molecule has 2 aliphatic rings. The molecule has 0 aromatic heterocycles. The van der Waals surface area contributed by atoms with Crippen molar-refractivity contribution < 1.29 is 33.1 Å². The number of nitrogens with zero attached hydrogens (tertiary/aromatic N) is 3. The lowest BCUT2D eigenvalue weighted by atomic mass is 10.1. The van der Waals surface area contributed by atoms with E-state index in [0.29, 0.717) is 51.5 Å². The summed E-state index contributed by atoms with van der Waals surface area (Å²) in [7, 11) is 1.41. The number of quaternary nitrogens is 1.